The molecule has 6 heteroatoms. The predicted molar refractivity (Wildman–Crippen MR) is 80.1 cm³/mol. The average molecular weight is 296 g/mol. The van der Waals surface area contributed by atoms with Crippen molar-refractivity contribution in [3.8, 4) is 17.2 Å². The van der Waals surface area contributed by atoms with Crippen LogP contribution in [0.15, 0.2) is 12.1 Å². The predicted octanol–water partition coefficient (Wildman–Crippen LogP) is 0.738. The van der Waals surface area contributed by atoms with Gasteiger partial charge in [-0.3, -0.25) is 4.90 Å². The van der Waals surface area contributed by atoms with Gasteiger partial charge in [-0.1, -0.05) is 0 Å². The molecule has 21 heavy (non-hydrogen) atoms. The standard InChI is InChI=1S/C15H24N2O4/c1-20-13-9-11(10-14(21-2)15(13)19)12(3-8-18)17-6-4-16-5-7-17/h9-10,12,16,18-19H,3-8H2,1-2H3/t12-/m1/s1. The zero-order valence-electron chi connectivity index (χ0n) is 12.6. The average Bonchev–Trinajstić information content (AvgIpc) is 2.54. The molecule has 0 unspecified atom stereocenters. The van der Waals surface area contributed by atoms with Crippen LogP contribution >= 0.6 is 0 Å². The first-order valence-electron chi connectivity index (χ1n) is 7.21. The van der Waals surface area contributed by atoms with Gasteiger partial charge in [0.15, 0.2) is 11.5 Å². The third kappa shape index (κ3) is 3.58. The maximum atomic E-state index is 10.0. The minimum Gasteiger partial charge on any atom is -0.502 e. The van der Waals surface area contributed by atoms with E-state index in [0.29, 0.717) is 17.9 Å². The fraction of sp³-hybridized carbons (Fsp3) is 0.600. The Morgan fingerprint density at radius 3 is 2.24 bits per heavy atom. The number of phenols is 1. The van der Waals surface area contributed by atoms with Gasteiger partial charge in [0.25, 0.3) is 0 Å². The lowest BCUT2D eigenvalue weighted by Gasteiger charge is -2.35. The molecule has 6 nitrogen and oxygen atoms in total. The van der Waals surface area contributed by atoms with Crippen molar-refractivity contribution in [3.05, 3.63) is 17.7 Å². The number of nitrogens with one attached hydrogen (secondary N) is 1. The van der Waals surface area contributed by atoms with E-state index in [1.807, 2.05) is 12.1 Å². The lowest BCUT2D eigenvalue weighted by atomic mass is 10.00. The van der Waals surface area contributed by atoms with E-state index in [1.165, 1.54) is 14.2 Å². The summed E-state index contributed by atoms with van der Waals surface area (Å²) in [6.07, 6.45) is 0.636. The number of rotatable bonds is 6. The Morgan fingerprint density at radius 2 is 1.76 bits per heavy atom. The third-order valence-corrected chi connectivity index (χ3v) is 3.88. The van der Waals surface area contributed by atoms with Crippen LogP contribution in [0.5, 0.6) is 17.2 Å². The minimum absolute atomic E-state index is 0.00630. The van der Waals surface area contributed by atoms with Crippen molar-refractivity contribution >= 4 is 0 Å². The smallest absolute Gasteiger partial charge is 0.200 e. The number of piperazine rings is 1. The van der Waals surface area contributed by atoms with E-state index in [9.17, 15) is 10.2 Å². The highest BCUT2D eigenvalue weighted by atomic mass is 16.5. The first-order chi connectivity index (χ1) is 10.2. The van der Waals surface area contributed by atoms with Crippen molar-refractivity contribution < 1.29 is 19.7 Å². The minimum atomic E-state index is 0.00630. The molecular weight excluding hydrogens is 272 g/mol. The van der Waals surface area contributed by atoms with Gasteiger partial charge in [-0.2, -0.15) is 0 Å². The molecule has 0 spiro atoms. The van der Waals surface area contributed by atoms with Crippen LogP contribution in [-0.4, -0.2) is 62.1 Å². The summed E-state index contributed by atoms with van der Waals surface area (Å²) in [6.45, 7) is 3.84. The molecule has 0 saturated carbocycles. The number of phenolic OH excluding ortho intramolecular Hbond substituents is 1. The highest BCUT2D eigenvalue weighted by Gasteiger charge is 2.24. The summed E-state index contributed by atoms with van der Waals surface area (Å²) in [5, 5.41) is 22.7. The van der Waals surface area contributed by atoms with Crippen molar-refractivity contribution in [2.45, 2.75) is 12.5 Å². The molecule has 1 aliphatic rings. The highest BCUT2D eigenvalue weighted by Crippen LogP contribution is 2.40. The van der Waals surface area contributed by atoms with Crippen LogP contribution in [0.3, 0.4) is 0 Å². The number of nitrogens with zero attached hydrogens (tertiary/aromatic N) is 1. The molecule has 3 N–H and O–H groups in total. The summed E-state index contributed by atoms with van der Waals surface area (Å²) in [5.74, 6) is 0.789. The van der Waals surface area contributed by atoms with E-state index in [-0.39, 0.29) is 18.4 Å². The number of methoxy groups -OCH3 is 2. The van der Waals surface area contributed by atoms with Crippen LogP contribution in [0.1, 0.15) is 18.0 Å². The summed E-state index contributed by atoms with van der Waals surface area (Å²) in [4.78, 5) is 2.33. The highest BCUT2D eigenvalue weighted by molar-refractivity contribution is 5.53. The first kappa shape index (κ1) is 15.9. The molecule has 1 aliphatic heterocycles. The Bertz CT molecular complexity index is 436. The van der Waals surface area contributed by atoms with Crippen LogP contribution in [0.2, 0.25) is 0 Å². The van der Waals surface area contributed by atoms with E-state index in [4.69, 9.17) is 9.47 Å². The summed E-state index contributed by atoms with van der Waals surface area (Å²) in [6, 6.07) is 3.72. The number of benzene rings is 1. The van der Waals surface area contributed by atoms with Crippen molar-refractivity contribution in [3.63, 3.8) is 0 Å². The normalized spacial score (nSPS) is 17.5. The van der Waals surface area contributed by atoms with Crippen molar-refractivity contribution in [2.24, 2.45) is 0 Å². The maximum absolute atomic E-state index is 10.0. The molecule has 1 atom stereocenters. The second-order valence-corrected chi connectivity index (χ2v) is 5.09. The van der Waals surface area contributed by atoms with Gasteiger partial charge in [0.1, 0.15) is 0 Å². The van der Waals surface area contributed by atoms with Gasteiger partial charge < -0.3 is 25.0 Å². The van der Waals surface area contributed by atoms with Gasteiger partial charge in [0.05, 0.1) is 14.2 Å². The van der Waals surface area contributed by atoms with Gasteiger partial charge in [-0.15, -0.1) is 0 Å². The molecule has 2 rings (SSSR count). The number of hydrogen-bond acceptors (Lipinski definition) is 6. The van der Waals surface area contributed by atoms with Gasteiger partial charge in [-0.05, 0) is 24.1 Å². The number of hydrogen-bond donors (Lipinski definition) is 3. The largest absolute Gasteiger partial charge is 0.502 e. The topological polar surface area (TPSA) is 74.2 Å². The van der Waals surface area contributed by atoms with Crippen molar-refractivity contribution in [1.82, 2.24) is 10.2 Å². The van der Waals surface area contributed by atoms with E-state index < -0.39 is 0 Å². The van der Waals surface area contributed by atoms with E-state index in [1.54, 1.807) is 0 Å². The van der Waals surface area contributed by atoms with Gasteiger partial charge in [0, 0.05) is 38.8 Å². The maximum Gasteiger partial charge on any atom is 0.200 e. The molecule has 1 heterocycles. The van der Waals surface area contributed by atoms with E-state index in [0.717, 1.165) is 31.7 Å². The Kier molecular flexibility index (Phi) is 5.67. The summed E-state index contributed by atoms with van der Waals surface area (Å²) >= 11 is 0. The lowest BCUT2D eigenvalue weighted by molar-refractivity contribution is 0.140. The number of aliphatic hydroxyl groups is 1. The number of aliphatic hydroxyl groups excluding tert-OH is 1. The molecule has 0 aromatic heterocycles. The van der Waals surface area contributed by atoms with E-state index >= 15 is 0 Å². The molecule has 1 aromatic carbocycles. The zero-order valence-corrected chi connectivity index (χ0v) is 12.6. The lowest BCUT2D eigenvalue weighted by Crippen LogP contribution is -2.45. The van der Waals surface area contributed by atoms with Gasteiger partial charge in [-0.25, -0.2) is 0 Å². The van der Waals surface area contributed by atoms with Gasteiger partial charge in [0.2, 0.25) is 5.75 Å². The summed E-state index contributed by atoms with van der Waals surface area (Å²) in [5.41, 5.74) is 0.984. The Morgan fingerprint density at radius 1 is 1.19 bits per heavy atom. The fourth-order valence-corrected chi connectivity index (χ4v) is 2.78. The Hall–Kier alpha value is -1.50. The SMILES string of the molecule is COc1cc([C@@H](CCO)N2CCNCC2)cc(OC)c1O. The van der Waals surface area contributed by atoms with Crippen molar-refractivity contribution in [2.75, 3.05) is 47.0 Å². The van der Waals surface area contributed by atoms with Crippen LogP contribution in [0, 0.1) is 0 Å². The molecule has 1 saturated heterocycles. The quantitative estimate of drug-likeness (QED) is 0.719. The zero-order chi connectivity index (χ0) is 15.2. The molecule has 1 fully saturated rings. The number of aromatic hydroxyl groups is 1. The molecular formula is C15H24N2O4. The monoisotopic (exact) mass is 296 g/mol. The first-order valence-corrected chi connectivity index (χ1v) is 7.21. The molecule has 0 bridgehead atoms. The molecule has 1 aromatic rings. The van der Waals surface area contributed by atoms with Crippen LogP contribution in [-0.2, 0) is 0 Å². The van der Waals surface area contributed by atoms with E-state index in [2.05, 4.69) is 10.2 Å². The summed E-state index contributed by atoms with van der Waals surface area (Å²) < 4.78 is 10.4. The molecule has 0 amide bonds. The van der Waals surface area contributed by atoms with Crippen LogP contribution in [0.25, 0.3) is 0 Å². The Labute approximate surface area is 125 Å². The second kappa shape index (κ2) is 7.49. The van der Waals surface area contributed by atoms with Crippen molar-refractivity contribution in [1.29, 1.82) is 0 Å². The fourth-order valence-electron chi connectivity index (χ4n) is 2.78. The molecule has 118 valence electrons. The van der Waals surface area contributed by atoms with Crippen LogP contribution in [0.4, 0.5) is 0 Å². The second-order valence-electron chi connectivity index (χ2n) is 5.09. The molecule has 0 aliphatic carbocycles. The third-order valence-electron chi connectivity index (χ3n) is 3.88. The van der Waals surface area contributed by atoms with Crippen LogP contribution < -0.4 is 14.8 Å². The Balaban J connectivity index is 2.34. The molecule has 0 radical (unpaired) electrons. The van der Waals surface area contributed by atoms with Gasteiger partial charge >= 0.3 is 0 Å². The summed E-state index contributed by atoms with van der Waals surface area (Å²) in [7, 11) is 3.04. The number of ether oxygens (including phenoxy) is 2.